The number of amides is 2. The molecule has 2 fully saturated rings. The lowest BCUT2D eigenvalue weighted by molar-refractivity contribution is -0.135. The van der Waals surface area contributed by atoms with Crippen LogP contribution in [0.15, 0.2) is 39.5 Å². The summed E-state index contributed by atoms with van der Waals surface area (Å²) in [5.74, 6) is 0.220. The van der Waals surface area contributed by atoms with E-state index in [1.54, 1.807) is 0 Å². The van der Waals surface area contributed by atoms with Gasteiger partial charge in [0.15, 0.2) is 0 Å². The minimum Gasteiger partial charge on any atom is -0.338 e. The first-order valence-corrected chi connectivity index (χ1v) is 10.7. The first kappa shape index (κ1) is 18.0. The summed E-state index contributed by atoms with van der Waals surface area (Å²) in [6, 6.07) is 7.63. The molecule has 26 heavy (non-hydrogen) atoms. The summed E-state index contributed by atoms with van der Waals surface area (Å²) in [7, 11) is 0. The Labute approximate surface area is 169 Å². The third kappa shape index (κ3) is 3.19. The Balaban J connectivity index is 1.43. The smallest absolute Gasteiger partial charge is 0.254 e. The predicted octanol–water partition coefficient (Wildman–Crippen LogP) is 4.18. The Morgan fingerprint density at radius 1 is 1.08 bits per heavy atom. The van der Waals surface area contributed by atoms with Crippen LogP contribution in [0.25, 0.3) is 0 Å². The van der Waals surface area contributed by atoms with Crippen LogP contribution in [0.5, 0.6) is 0 Å². The van der Waals surface area contributed by atoms with Crippen molar-refractivity contribution in [1.82, 2.24) is 9.80 Å². The zero-order valence-electron chi connectivity index (χ0n) is 14.1. The monoisotopic (exact) mass is 452 g/mol. The van der Waals surface area contributed by atoms with Gasteiger partial charge in [-0.1, -0.05) is 17.7 Å². The number of carbonyl (C=O) groups is 2. The molecule has 0 spiro atoms. The molecule has 1 aromatic heterocycles. The molecule has 2 aromatic rings. The fraction of sp³-hybridized carbons (Fsp3) is 0.368. The summed E-state index contributed by atoms with van der Waals surface area (Å²) in [6.07, 6.45) is 1.72. The number of carbonyl (C=O) groups excluding carboxylic acids is 2. The quantitative estimate of drug-likeness (QED) is 0.699. The van der Waals surface area contributed by atoms with Gasteiger partial charge in [0, 0.05) is 36.0 Å². The number of benzene rings is 1. The van der Waals surface area contributed by atoms with Crippen LogP contribution in [0.3, 0.4) is 0 Å². The zero-order valence-corrected chi connectivity index (χ0v) is 17.2. The Hall–Kier alpha value is -1.37. The van der Waals surface area contributed by atoms with E-state index in [4.69, 9.17) is 11.6 Å². The van der Waals surface area contributed by atoms with Crippen molar-refractivity contribution in [1.29, 1.82) is 0 Å². The number of nitrogens with zero attached hydrogens (tertiary/aromatic N) is 2. The number of rotatable bonds is 3. The molecule has 2 heterocycles. The molecule has 0 unspecified atom stereocenters. The normalized spacial score (nSPS) is 18.7. The SMILES string of the molecule is O=C(c1ccsc1)N1CCN(C(=O)C2(c3ccc(Br)c(Cl)c3)CC2)CC1. The lowest BCUT2D eigenvalue weighted by Crippen LogP contribution is -2.52. The number of halogens is 2. The van der Waals surface area contributed by atoms with Gasteiger partial charge in [-0.2, -0.15) is 11.3 Å². The second-order valence-corrected chi connectivity index (χ2v) is 8.85. The van der Waals surface area contributed by atoms with E-state index in [1.807, 2.05) is 44.8 Å². The molecule has 2 amide bonds. The van der Waals surface area contributed by atoms with Gasteiger partial charge in [-0.15, -0.1) is 0 Å². The Morgan fingerprint density at radius 2 is 1.77 bits per heavy atom. The van der Waals surface area contributed by atoms with Crippen molar-refractivity contribution in [2.24, 2.45) is 0 Å². The minimum absolute atomic E-state index is 0.0548. The molecule has 1 aromatic carbocycles. The van der Waals surface area contributed by atoms with Crippen LogP contribution < -0.4 is 0 Å². The molecule has 0 bridgehead atoms. The second kappa shape index (κ2) is 6.98. The summed E-state index contributed by atoms with van der Waals surface area (Å²) in [4.78, 5) is 29.3. The van der Waals surface area contributed by atoms with Gasteiger partial charge in [0.25, 0.3) is 5.91 Å². The van der Waals surface area contributed by atoms with Crippen LogP contribution in [-0.2, 0) is 10.2 Å². The fourth-order valence-corrected chi connectivity index (χ4v) is 4.59. The molecule has 136 valence electrons. The molecular weight excluding hydrogens is 436 g/mol. The summed E-state index contributed by atoms with van der Waals surface area (Å²) in [6.45, 7) is 2.33. The van der Waals surface area contributed by atoms with Gasteiger partial charge >= 0.3 is 0 Å². The lowest BCUT2D eigenvalue weighted by Gasteiger charge is -2.36. The van der Waals surface area contributed by atoms with E-state index >= 15 is 0 Å². The van der Waals surface area contributed by atoms with Crippen molar-refractivity contribution >= 4 is 50.7 Å². The van der Waals surface area contributed by atoms with Crippen molar-refractivity contribution in [3.8, 4) is 0 Å². The first-order chi connectivity index (χ1) is 12.5. The van der Waals surface area contributed by atoms with Crippen molar-refractivity contribution in [2.45, 2.75) is 18.3 Å². The van der Waals surface area contributed by atoms with E-state index in [2.05, 4.69) is 15.9 Å². The minimum atomic E-state index is -0.427. The van der Waals surface area contributed by atoms with Crippen LogP contribution in [0.2, 0.25) is 5.02 Å². The van der Waals surface area contributed by atoms with Crippen LogP contribution >= 0.6 is 38.9 Å². The van der Waals surface area contributed by atoms with E-state index in [0.29, 0.717) is 31.2 Å². The Bertz CT molecular complexity index is 843. The summed E-state index contributed by atoms with van der Waals surface area (Å²) >= 11 is 11.2. The zero-order chi connectivity index (χ0) is 18.3. The molecule has 1 aliphatic heterocycles. The molecular formula is C19H18BrClN2O2S. The fourth-order valence-electron chi connectivity index (χ4n) is 3.53. The maximum Gasteiger partial charge on any atom is 0.254 e. The summed E-state index contributed by atoms with van der Waals surface area (Å²) < 4.78 is 0.840. The van der Waals surface area contributed by atoms with E-state index in [9.17, 15) is 9.59 Å². The number of hydrogen-bond donors (Lipinski definition) is 0. The molecule has 1 saturated heterocycles. The van der Waals surface area contributed by atoms with Crippen LogP contribution in [0, 0.1) is 0 Å². The van der Waals surface area contributed by atoms with Gasteiger partial charge in [-0.25, -0.2) is 0 Å². The largest absolute Gasteiger partial charge is 0.338 e. The van der Waals surface area contributed by atoms with E-state index in [0.717, 1.165) is 28.4 Å². The van der Waals surface area contributed by atoms with Crippen LogP contribution in [-0.4, -0.2) is 47.8 Å². The second-order valence-electron chi connectivity index (χ2n) is 6.81. The average molecular weight is 454 g/mol. The van der Waals surface area contributed by atoms with Crippen LogP contribution in [0.1, 0.15) is 28.8 Å². The van der Waals surface area contributed by atoms with Crippen LogP contribution in [0.4, 0.5) is 0 Å². The average Bonchev–Trinajstić information content (AvgIpc) is 3.29. The topological polar surface area (TPSA) is 40.6 Å². The molecule has 2 aliphatic rings. The molecule has 7 heteroatoms. The van der Waals surface area contributed by atoms with Crippen molar-refractivity contribution < 1.29 is 9.59 Å². The predicted molar refractivity (Wildman–Crippen MR) is 107 cm³/mol. The van der Waals surface area contributed by atoms with Gasteiger partial charge in [0.2, 0.25) is 5.91 Å². The highest BCUT2D eigenvalue weighted by atomic mass is 79.9. The third-order valence-electron chi connectivity index (χ3n) is 5.25. The van der Waals surface area contributed by atoms with Gasteiger partial charge in [-0.3, -0.25) is 9.59 Å². The highest BCUT2D eigenvalue weighted by molar-refractivity contribution is 9.10. The molecule has 1 saturated carbocycles. The maximum atomic E-state index is 13.2. The van der Waals surface area contributed by atoms with Crippen molar-refractivity contribution in [2.75, 3.05) is 26.2 Å². The lowest BCUT2D eigenvalue weighted by atomic mass is 9.94. The Morgan fingerprint density at radius 3 is 2.35 bits per heavy atom. The number of thiophene rings is 1. The van der Waals surface area contributed by atoms with E-state index < -0.39 is 5.41 Å². The number of hydrogen-bond acceptors (Lipinski definition) is 3. The molecule has 4 nitrogen and oxygen atoms in total. The van der Waals surface area contributed by atoms with Crippen molar-refractivity contribution in [3.63, 3.8) is 0 Å². The summed E-state index contributed by atoms with van der Waals surface area (Å²) in [5, 5.41) is 4.41. The highest BCUT2D eigenvalue weighted by Gasteiger charge is 2.53. The van der Waals surface area contributed by atoms with E-state index in [-0.39, 0.29) is 11.8 Å². The number of piperazine rings is 1. The van der Waals surface area contributed by atoms with Gasteiger partial charge in [0.1, 0.15) is 0 Å². The molecule has 0 radical (unpaired) electrons. The maximum absolute atomic E-state index is 13.2. The molecule has 4 rings (SSSR count). The molecule has 1 aliphatic carbocycles. The van der Waals surface area contributed by atoms with E-state index in [1.165, 1.54) is 11.3 Å². The molecule has 0 N–H and O–H groups in total. The molecule has 0 atom stereocenters. The van der Waals surface area contributed by atoms with Gasteiger partial charge in [-0.05, 0) is 57.9 Å². The highest BCUT2D eigenvalue weighted by Crippen LogP contribution is 2.50. The van der Waals surface area contributed by atoms with Gasteiger partial charge < -0.3 is 9.80 Å². The summed E-state index contributed by atoms with van der Waals surface area (Å²) in [5.41, 5.74) is 1.30. The van der Waals surface area contributed by atoms with Gasteiger partial charge in [0.05, 0.1) is 16.0 Å². The third-order valence-corrected chi connectivity index (χ3v) is 7.17. The van der Waals surface area contributed by atoms with Crippen molar-refractivity contribution in [3.05, 3.63) is 55.6 Å². The standard InChI is InChI=1S/C19H18BrClN2O2S/c20-15-2-1-14(11-16(15)21)19(4-5-19)18(25)23-8-6-22(7-9-23)17(24)13-3-10-26-12-13/h1-3,10-12H,4-9H2. The first-order valence-electron chi connectivity index (χ1n) is 8.58. The Kier molecular flexibility index (Phi) is 4.84.